The van der Waals surface area contributed by atoms with Gasteiger partial charge in [-0.2, -0.15) is 5.26 Å². The third-order valence-electron chi connectivity index (χ3n) is 6.09. The van der Waals surface area contributed by atoms with E-state index in [0.29, 0.717) is 39.1 Å². The lowest BCUT2D eigenvalue weighted by Gasteiger charge is -2.28. The van der Waals surface area contributed by atoms with Gasteiger partial charge >= 0.3 is 0 Å². The number of hydrogen-bond donors (Lipinski definition) is 3. The number of nitriles is 1. The van der Waals surface area contributed by atoms with Crippen LogP contribution < -0.4 is 20.7 Å². The SMILES string of the molecule is COc1ccccc1NC(=O)C1=C(C)NC(SCC(=O)Nc2cc(C)ccc2C)=C(C#N)[C@@H]1c1ccco1. The molecule has 1 aromatic heterocycles. The second-order valence-electron chi connectivity index (χ2n) is 8.78. The first-order valence-corrected chi connectivity index (χ1v) is 12.9. The van der Waals surface area contributed by atoms with Gasteiger partial charge in [-0.05, 0) is 62.2 Å². The van der Waals surface area contributed by atoms with E-state index in [1.165, 1.54) is 25.1 Å². The predicted octanol–water partition coefficient (Wildman–Crippen LogP) is 5.61. The van der Waals surface area contributed by atoms with E-state index >= 15 is 0 Å². The molecule has 0 saturated carbocycles. The van der Waals surface area contributed by atoms with Gasteiger partial charge in [0.25, 0.3) is 5.91 Å². The highest BCUT2D eigenvalue weighted by molar-refractivity contribution is 8.03. The maximum Gasteiger partial charge on any atom is 0.254 e. The highest BCUT2D eigenvalue weighted by atomic mass is 32.2. The van der Waals surface area contributed by atoms with E-state index in [4.69, 9.17) is 9.15 Å². The van der Waals surface area contributed by atoms with Crippen LogP contribution in [-0.4, -0.2) is 24.7 Å². The number of furan rings is 1. The van der Waals surface area contributed by atoms with Crippen LogP contribution in [0.4, 0.5) is 11.4 Å². The zero-order chi connectivity index (χ0) is 27.2. The number of thioether (sulfide) groups is 1. The van der Waals surface area contributed by atoms with E-state index in [1.807, 2.05) is 38.1 Å². The quantitative estimate of drug-likeness (QED) is 0.348. The second-order valence-corrected chi connectivity index (χ2v) is 9.76. The Morgan fingerprint density at radius 3 is 2.58 bits per heavy atom. The summed E-state index contributed by atoms with van der Waals surface area (Å²) in [5.74, 6) is -0.320. The largest absolute Gasteiger partial charge is 0.495 e. The number of benzene rings is 2. The van der Waals surface area contributed by atoms with Gasteiger partial charge in [-0.1, -0.05) is 36.0 Å². The molecule has 194 valence electrons. The Morgan fingerprint density at radius 1 is 1.08 bits per heavy atom. The molecule has 3 N–H and O–H groups in total. The third kappa shape index (κ3) is 5.76. The molecule has 4 rings (SSSR count). The number of nitrogens with zero attached hydrogens (tertiary/aromatic N) is 1. The molecule has 1 aliphatic heterocycles. The first-order chi connectivity index (χ1) is 18.3. The Morgan fingerprint density at radius 2 is 1.87 bits per heavy atom. The van der Waals surface area contributed by atoms with E-state index < -0.39 is 11.8 Å². The summed E-state index contributed by atoms with van der Waals surface area (Å²) in [7, 11) is 1.53. The Hall–Kier alpha value is -4.42. The zero-order valence-electron chi connectivity index (χ0n) is 21.5. The Bertz CT molecular complexity index is 1470. The van der Waals surface area contributed by atoms with Gasteiger partial charge in [0.2, 0.25) is 5.91 Å². The molecule has 38 heavy (non-hydrogen) atoms. The first kappa shape index (κ1) is 26.6. The summed E-state index contributed by atoms with van der Waals surface area (Å²) in [6, 6.07) is 18.6. The molecular formula is C29H28N4O4S. The van der Waals surface area contributed by atoms with Crippen molar-refractivity contribution in [2.45, 2.75) is 26.7 Å². The maximum atomic E-state index is 13.5. The van der Waals surface area contributed by atoms with Gasteiger partial charge in [-0.3, -0.25) is 9.59 Å². The van der Waals surface area contributed by atoms with Gasteiger partial charge in [-0.15, -0.1) is 0 Å². The molecule has 0 aliphatic carbocycles. The molecule has 0 saturated heterocycles. The van der Waals surface area contributed by atoms with Crippen molar-refractivity contribution in [3.63, 3.8) is 0 Å². The molecule has 1 atom stereocenters. The number of carbonyl (C=O) groups is 2. The van der Waals surface area contributed by atoms with Crippen LogP contribution in [0.5, 0.6) is 5.75 Å². The number of ether oxygens (including phenoxy) is 1. The van der Waals surface area contributed by atoms with Crippen molar-refractivity contribution in [2.24, 2.45) is 0 Å². The van der Waals surface area contributed by atoms with E-state index in [0.717, 1.165) is 16.8 Å². The van der Waals surface area contributed by atoms with Crippen molar-refractivity contribution in [1.82, 2.24) is 5.32 Å². The summed E-state index contributed by atoms with van der Waals surface area (Å²) in [6.07, 6.45) is 1.50. The van der Waals surface area contributed by atoms with Gasteiger partial charge < -0.3 is 25.1 Å². The van der Waals surface area contributed by atoms with Crippen LogP contribution in [0.1, 0.15) is 29.7 Å². The Balaban J connectivity index is 1.60. The van der Waals surface area contributed by atoms with Crippen molar-refractivity contribution in [3.8, 4) is 11.8 Å². The fraction of sp³-hybridized carbons (Fsp3) is 0.207. The van der Waals surface area contributed by atoms with Crippen LogP contribution in [0.25, 0.3) is 0 Å². The number of rotatable bonds is 8. The van der Waals surface area contributed by atoms with Gasteiger partial charge in [0.15, 0.2) is 0 Å². The summed E-state index contributed by atoms with van der Waals surface area (Å²) < 4.78 is 11.0. The number of anilines is 2. The van der Waals surface area contributed by atoms with Gasteiger partial charge in [0.05, 0.1) is 53.0 Å². The summed E-state index contributed by atoms with van der Waals surface area (Å²) in [5, 5.41) is 19.7. The first-order valence-electron chi connectivity index (χ1n) is 11.9. The highest BCUT2D eigenvalue weighted by Crippen LogP contribution is 2.41. The number of carbonyl (C=O) groups excluding carboxylic acids is 2. The molecule has 0 radical (unpaired) electrons. The average molecular weight is 529 g/mol. The van der Waals surface area contributed by atoms with Crippen LogP contribution in [-0.2, 0) is 9.59 Å². The topological polar surface area (TPSA) is 116 Å². The Kier molecular flexibility index (Phi) is 8.24. The second kappa shape index (κ2) is 11.8. The predicted molar refractivity (Wildman–Crippen MR) is 149 cm³/mol. The third-order valence-corrected chi connectivity index (χ3v) is 7.11. The molecule has 2 aromatic carbocycles. The van der Waals surface area contributed by atoms with Crippen molar-refractivity contribution in [3.05, 3.63) is 99.6 Å². The molecule has 8 nitrogen and oxygen atoms in total. The lowest BCUT2D eigenvalue weighted by atomic mass is 9.85. The van der Waals surface area contributed by atoms with Crippen molar-refractivity contribution < 1.29 is 18.7 Å². The number of amides is 2. The molecule has 0 unspecified atom stereocenters. The van der Waals surface area contributed by atoms with Gasteiger partial charge in [0.1, 0.15) is 11.5 Å². The molecule has 2 amide bonds. The number of dihydropyridines is 1. The number of hydrogen-bond acceptors (Lipinski definition) is 7. The number of methoxy groups -OCH3 is 1. The number of para-hydroxylation sites is 2. The summed E-state index contributed by atoms with van der Waals surface area (Å²) in [6.45, 7) is 5.66. The molecule has 0 spiro atoms. The van der Waals surface area contributed by atoms with Crippen LogP contribution >= 0.6 is 11.8 Å². The standard InChI is InChI=1S/C29H28N4O4S/c1-17-11-12-18(2)22(14-17)32-25(34)16-38-29-20(15-30)27(24-10-7-13-37-24)26(19(3)31-29)28(35)33-21-8-5-6-9-23(21)36-4/h5-14,27,31H,16H2,1-4H3,(H,32,34)(H,33,35)/t27-/m1/s1. The van der Waals surface area contributed by atoms with E-state index in [-0.39, 0.29) is 11.7 Å². The van der Waals surface area contributed by atoms with Crippen LogP contribution in [0.15, 0.2) is 87.1 Å². The lowest BCUT2D eigenvalue weighted by molar-refractivity contribution is -0.114. The van der Waals surface area contributed by atoms with E-state index in [2.05, 4.69) is 22.0 Å². The molecule has 3 aromatic rings. The number of nitrogens with one attached hydrogen (secondary N) is 3. The average Bonchev–Trinajstić information content (AvgIpc) is 3.44. The monoisotopic (exact) mass is 528 g/mol. The highest BCUT2D eigenvalue weighted by Gasteiger charge is 2.36. The molecular weight excluding hydrogens is 500 g/mol. The smallest absolute Gasteiger partial charge is 0.254 e. The van der Waals surface area contributed by atoms with E-state index in [1.54, 1.807) is 37.3 Å². The van der Waals surface area contributed by atoms with Crippen LogP contribution in [0.2, 0.25) is 0 Å². The van der Waals surface area contributed by atoms with E-state index in [9.17, 15) is 14.9 Å². The minimum absolute atomic E-state index is 0.0712. The summed E-state index contributed by atoms with van der Waals surface area (Å²) >= 11 is 1.20. The molecule has 2 heterocycles. The lowest BCUT2D eigenvalue weighted by Crippen LogP contribution is -2.31. The fourth-order valence-corrected chi connectivity index (χ4v) is 5.09. The van der Waals surface area contributed by atoms with Crippen molar-refractivity contribution in [1.29, 1.82) is 5.26 Å². The van der Waals surface area contributed by atoms with Gasteiger partial charge in [-0.25, -0.2) is 0 Å². The Labute approximate surface area is 225 Å². The molecule has 0 bridgehead atoms. The summed E-state index contributed by atoms with van der Waals surface area (Å²) in [4.78, 5) is 26.3. The minimum atomic E-state index is -0.754. The van der Waals surface area contributed by atoms with Crippen LogP contribution in [0, 0.1) is 25.2 Å². The molecule has 0 fully saturated rings. The number of allylic oxidation sites excluding steroid dienone is 2. The molecule has 9 heteroatoms. The fourth-order valence-electron chi connectivity index (χ4n) is 4.20. The van der Waals surface area contributed by atoms with Crippen molar-refractivity contribution in [2.75, 3.05) is 23.5 Å². The molecule has 1 aliphatic rings. The van der Waals surface area contributed by atoms with Crippen molar-refractivity contribution >= 4 is 35.0 Å². The van der Waals surface area contributed by atoms with Crippen LogP contribution in [0.3, 0.4) is 0 Å². The summed E-state index contributed by atoms with van der Waals surface area (Å²) in [5.41, 5.74) is 4.44. The normalized spacial score (nSPS) is 15.0. The minimum Gasteiger partial charge on any atom is -0.495 e. The van der Waals surface area contributed by atoms with Gasteiger partial charge in [0, 0.05) is 11.4 Å². The zero-order valence-corrected chi connectivity index (χ0v) is 22.4. The number of aryl methyl sites for hydroxylation is 2. The maximum absolute atomic E-state index is 13.5.